The van der Waals surface area contributed by atoms with Gasteiger partial charge in [0, 0.05) is 32.3 Å². The molecule has 0 aliphatic carbocycles. The summed E-state index contributed by atoms with van der Waals surface area (Å²) in [7, 11) is 3.35. The number of benzene rings is 1. The summed E-state index contributed by atoms with van der Waals surface area (Å²) < 4.78 is 6.68. The van der Waals surface area contributed by atoms with Crippen LogP contribution in [-0.2, 0) is 13.5 Å². The lowest BCUT2D eigenvalue weighted by molar-refractivity contribution is 0.0951. The number of ether oxygens (including phenoxy) is 1. The van der Waals surface area contributed by atoms with Crippen molar-refractivity contribution in [2.75, 3.05) is 13.7 Å². The molecule has 1 aromatic carbocycles. The van der Waals surface area contributed by atoms with Gasteiger partial charge in [0.15, 0.2) is 0 Å². The molecule has 2 rings (SSSR count). The maximum Gasteiger partial charge on any atom is 0.255 e. The average molecular weight is 275 g/mol. The standard InChI is InChI=1S/C14H17N3O3/c1-17-8-6-10(16-17)5-7-15-14(19)12-4-3-11(20-2)9-13(12)18/h3-4,6,8-9,18H,5,7H2,1-2H3,(H,15,19). The number of aryl methyl sites for hydroxylation is 1. The third-order valence-electron chi connectivity index (χ3n) is 2.89. The molecule has 1 heterocycles. The minimum Gasteiger partial charge on any atom is -0.507 e. The molecule has 0 aliphatic rings. The maximum atomic E-state index is 11.9. The van der Waals surface area contributed by atoms with Crippen molar-refractivity contribution in [2.45, 2.75) is 6.42 Å². The summed E-state index contributed by atoms with van der Waals surface area (Å²) in [6.45, 7) is 0.460. The number of nitrogens with zero attached hydrogens (tertiary/aromatic N) is 2. The van der Waals surface area contributed by atoms with E-state index in [4.69, 9.17) is 4.74 Å². The second kappa shape index (κ2) is 6.10. The van der Waals surface area contributed by atoms with Crippen LogP contribution in [0, 0.1) is 0 Å². The first-order chi connectivity index (χ1) is 9.60. The minimum absolute atomic E-state index is 0.0975. The lowest BCUT2D eigenvalue weighted by atomic mass is 10.1. The molecule has 1 aromatic heterocycles. The molecule has 6 heteroatoms. The maximum absolute atomic E-state index is 11.9. The van der Waals surface area contributed by atoms with Crippen molar-refractivity contribution in [3.63, 3.8) is 0 Å². The molecule has 0 saturated heterocycles. The van der Waals surface area contributed by atoms with Crippen LogP contribution in [0.15, 0.2) is 30.5 Å². The Morgan fingerprint density at radius 1 is 1.45 bits per heavy atom. The number of hydrogen-bond donors (Lipinski definition) is 2. The van der Waals surface area contributed by atoms with E-state index in [0.29, 0.717) is 18.7 Å². The van der Waals surface area contributed by atoms with Crippen LogP contribution < -0.4 is 10.1 Å². The number of carbonyl (C=O) groups is 1. The number of phenols is 1. The van der Waals surface area contributed by atoms with Gasteiger partial charge in [-0.2, -0.15) is 5.10 Å². The van der Waals surface area contributed by atoms with Crippen LogP contribution in [0.3, 0.4) is 0 Å². The number of methoxy groups -OCH3 is 1. The van der Waals surface area contributed by atoms with Crippen LogP contribution in [0.1, 0.15) is 16.1 Å². The minimum atomic E-state index is -0.318. The molecule has 2 aromatic rings. The van der Waals surface area contributed by atoms with Crippen LogP contribution in [0.25, 0.3) is 0 Å². The molecule has 6 nitrogen and oxygen atoms in total. The molecule has 1 amide bonds. The molecule has 0 atom stereocenters. The molecule has 2 N–H and O–H groups in total. The summed E-state index contributed by atoms with van der Waals surface area (Å²) in [5.74, 6) is 0.0910. The van der Waals surface area contributed by atoms with Gasteiger partial charge in [-0.3, -0.25) is 9.48 Å². The van der Waals surface area contributed by atoms with E-state index in [1.165, 1.54) is 19.2 Å². The zero-order valence-corrected chi connectivity index (χ0v) is 11.5. The van der Waals surface area contributed by atoms with Gasteiger partial charge >= 0.3 is 0 Å². The van der Waals surface area contributed by atoms with Crippen molar-refractivity contribution >= 4 is 5.91 Å². The van der Waals surface area contributed by atoms with Crippen LogP contribution >= 0.6 is 0 Å². The third kappa shape index (κ3) is 3.28. The molecular formula is C14H17N3O3. The van der Waals surface area contributed by atoms with E-state index in [2.05, 4.69) is 10.4 Å². The fourth-order valence-electron chi connectivity index (χ4n) is 1.83. The normalized spacial score (nSPS) is 10.3. The molecule has 0 fully saturated rings. The Balaban J connectivity index is 1.91. The summed E-state index contributed by atoms with van der Waals surface area (Å²) in [5, 5.41) is 16.7. The number of amides is 1. The van der Waals surface area contributed by atoms with E-state index in [1.54, 1.807) is 10.7 Å². The Kier molecular flexibility index (Phi) is 4.24. The van der Waals surface area contributed by atoms with Gasteiger partial charge in [0.05, 0.1) is 18.4 Å². The molecule has 0 bridgehead atoms. The van der Waals surface area contributed by atoms with Crippen molar-refractivity contribution in [2.24, 2.45) is 7.05 Å². The van der Waals surface area contributed by atoms with E-state index in [1.807, 2.05) is 19.3 Å². The predicted octanol–water partition coefficient (Wildman–Crippen LogP) is 1.11. The predicted molar refractivity (Wildman–Crippen MR) is 73.9 cm³/mol. The molecule has 106 valence electrons. The van der Waals surface area contributed by atoms with Crippen molar-refractivity contribution in [3.8, 4) is 11.5 Å². The Morgan fingerprint density at radius 2 is 2.25 bits per heavy atom. The highest BCUT2D eigenvalue weighted by Crippen LogP contribution is 2.23. The molecule has 20 heavy (non-hydrogen) atoms. The van der Waals surface area contributed by atoms with Crippen molar-refractivity contribution in [1.29, 1.82) is 0 Å². The number of rotatable bonds is 5. The van der Waals surface area contributed by atoms with E-state index in [9.17, 15) is 9.90 Å². The molecule has 0 aliphatic heterocycles. The van der Waals surface area contributed by atoms with Crippen molar-refractivity contribution < 1.29 is 14.6 Å². The molecule has 0 saturated carbocycles. The Labute approximate surface area is 117 Å². The number of hydrogen-bond acceptors (Lipinski definition) is 4. The molecule has 0 unspecified atom stereocenters. The first-order valence-corrected chi connectivity index (χ1v) is 6.24. The fourth-order valence-corrected chi connectivity index (χ4v) is 1.83. The van der Waals surface area contributed by atoms with E-state index in [0.717, 1.165) is 5.69 Å². The van der Waals surface area contributed by atoms with E-state index in [-0.39, 0.29) is 17.2 Å². The van der Waals surface area contributed by atoms with Crippen molar-refractivity contribution in [3.05, 3.63) is 41.7 Å². The van der Waals surface area contributed by atoms with Crippen LogP contribution in [0.2, 0.25) is 0 Å². The van der Waals surface area contributed by atoms with Gasteiger partial charge in [-0.15, -0.1) is 0 Å². The smallest absolute Gasteiger partial charge is 0.255 e. The SMILES string of the molecule is COc1ccc(C(=O)NCCc2ccn(C)n2)c(O)c1. The molecular weight excluding hydrogens is 258 g/mol. The lowest BCUT2D eigenvalue weighted by Gasteiger charge is -2.07. The number of nitrogens with one attached hydrogen (secondary N) is 1. The highest BCUT2D eigenvalue weighted by atomic mass is 16.5. The van der Waals surface area contributed by atoms with Gasteiger partial charge in [0.25, 0.3) is 5.91 Å². The third-order valence-corrected chi connectivity index (χ3v) is 2.89. The quantitative estimate of drug-likeness (QED) is 0.857. The first-order valence-electron chi connectivity index (χ1n) is 6.24. The van der Waals surface area contributed by atoms with Crippen LogP contribution in [0.4, 0.5) is 0 Å². The Bertz CT molecular complexity index is 607. The van der Waals surface area contributed by atoms with Gasteiger partial charge in [0.1, 0.15) is 11.5 Å². The summed E-state index contributed by atoms with van der Waals surface area (Å²) >= 11 is 0. The zero-order valence-electron chi connectivity index (χ0n) is 11.5. The number of phenolic OH excluding ortho intramolecular Hbond substituents is 1. The van der Waals surface area contributed by atoms with Gasteiger partial charge in [-0.25, -0.2) is 0 Å². The number of aromatic nitrogens is 2. The second-order valence-electron chi connectivity index (χ2n) is 4.37. The zero-order chi connectivity index (χ0) is 14.5. The van der Waals surface area contributed by atoms with Gasteiger partial charge in [0.2, 0.25) is 0 Å². The van der Waals surface area contributed by atoms with Gasteiger partial charge in [-0.1, -0.05) is 0 Å². The number of carbonyl (C=O) groups excluding carboxylic acids is 1. The van der Waals surface area contributed by atoms with E-state index >= 15 is 0 Å². The first kappa shape index (κ1) is 13.9. The van der Waals surface area contributed by atoms with E-state index < -0.39 is 0 Å². The molecule has 0 spiro atoms. The highest BCUT2D eigenvalue weighted by molar-refractivity contribution is 5.96. The Hall–Kier alpha value is -2.50. The van der Waals surface area contributed by atoms with Gasteiger partial charge < -0.3 is 15.2 Å². The van der Waals surface area contributed by atoms with Crippen LogP contribution in [-0.4, -0.2) is 34.4 Å². The summed E-state index contributed by atoms with van der Waals surface area (Å²) in [6.07, 6.45) is 2.50. The highest BCUT2D eigenvalue weighted by Gasteiger charge is 2.11. The van der Waals surface area contributed by atoms with Crippen LogP contribution in [0.5, 0.6) is 11.5 Å². The Morgan fingerprint density at radius 3 is 2.85 bits per heavy atom. The lowest BCUT2D eigenvalue weighted by Crippen LogP contribution is -2.25. The largest absolute Gasteiger partial charge is 0.507 e. The number of aromatic hydroxyl groups is 1. The fraction of sp³-hybridized carbons (Fsp3) is 0.286. The topological polar surface area (TPSA) is 76.4 Å². The average Bonchev–Trinajstić information content (AvgIpc) is 2.84. The van der Waals surface area contributed by atoms with Crippen molar-refractivity contribution in [1.82, 2.24) is 15.1 Å². The summed E-state index contributed by atoms with van der Waals surface area (Å²) in [4.78, 5) is 11.9. The molecule has 0 radical (unpaired) electrons. The monoisotopic (exact) mass is 275 g/mol. The summed E-state index contributed by atoms with van der Waals surface area (Å²) in [6, 6.07) is 6.47. The summed E-state index contributed by atoms with van der Waals surface area (Å²) in [5.41, 5.74) is 1.14. The van der Waals surface area contributed by atoms with Gasteiger partial charge in [-0.05, 0) is 18.2 Å². The second-order valence-corrected chi connectivity index (χ2v) is 4.37.